The highest BCUT2D eigenvalue weighted by Crippen LogP contribution is 2.38. The van der Waals surface area contributed by atoms with Crippen LogP contribution in [-0.2, 0) is 22.9 Å². The van der Waals surface area contributed by atoms with E-state index in [4.69, 9.17) is 16.6 Å². The van der Waals surface area contributed by atoms with Crippen molar-refractivity contribution in [2.45, 2.75) is 136 Å². The molecule has 0 aliphatic rings. The highest BCUT2D eigenvalue weighted by molar-refractivity contribution is 7.93. The van der Waals surface area contributed by atoms with E-state index in [0.29, 0.717) is 28.8 Å². The Morgan fingerprint density at radius 2 is 1.50 bits per heavy atom. The SMILES string of the molecule is CCCCCCCCCCCCCC(CC)S(=O)(=O)Nc1ccccc1C(=O)Nc1cc(Cl)c2nc(CCC)c(CC)cc2c1O. The topological polar surface area (TPSA) is 108 Å². The number of hydrogen-bond donors (Lipinski definition) is 3. The van der Waals surface area contributed by atoms with E-state index in [1.165, 1.54) is 57.4 Å². The zero-order chi connectivity index (χ0) is 33.5. The second-order valence-corrected chi connectivity index (χ2v) is 14.7. The number of unbranched alkanes of at least 4 members (excludes halogenated alkanes) is 10. The lowest BCUT2D eigenvalue weighted by Gasteiger charge is -2.19. The van der Waals surface area contributed by atoms with Gasteiger partial charge in [-0.15, -0.1) is 0 Å². The summed E-state index contributed by atoms with van der Waals surface area (Å²) in [5, 5.41) is 14.1. The number of hydrogen-bond acceptors (Lipinski definition) is 5. The average molecular weight is 672 g/mol. The monoisotopic (exact) mass is 671 g/mol. The lowest BCUT2D eigenvalue weighted by atomic mass is 10.0. The third kappa shape index (κ3) is 10.6. The van der Waals surface area contributed by atoms with Crippen LogP contribution in [0.3, 0.4) is 0 Å². The summed E-state index contributed by atoms with van der Waals surface area (Å²) < 4.78 is 29.6. The second-order valence-electron chi connectivity index (χ2n) is 12.3. The normalized spacial score (nSPS) is 12.4. The van der Waals surface area contributed by atoms with Gasteiger partial charge in [-0.05, 0) is 55.5 Å². The molecule has 2 aromatic carbocycles. The number of aryl methyl sites for hydroxylation is 2. The number of para-hydroxylation sites is 1. The molecule has 1 atom stereocenters. The first-order valence-corrected chi connectivity index (χ1v) is 19.3. The van der Waals surface area contributed by atoms with Crippen LogP contribution in [0.2, 0.25) is 5.02 Å². The number of amides is 1. The number of phenols is 1. The molecule has 3 rings (SSSR count). The maximum absolute atomic E-state index is 13.5. The van der Waals surface area contributed by atoms with Crippen LogP contribution in [0.4, 0.5) is 11.4 Å². The van der Waals surface area contributed by atoms with E-state index in [1.807, 2.05) is 19.9 Å². The largest absolute Gasteiger partial charge is 0.505 e. The molecule has 1 heterocycles. The third-order valence-electron chi connectivity index (χ3n) is 8.76. The first kappa shape index (κ1) is 37.6. The molecule has 0 aliphatic carbocycles. The van der Waals surface area contributed by atoms with Crippen molar-refractivity contribution in [2.24, 2.45) is 0 Å². The van der Waals surface area contributed by atoms with Gasteiger partial charge in [0.2, 0.25) is 10.0 Å². The number of carbonyl (C=O) groups excluding carboxylic acids is 1. The fraction of sp³-hybridized carbons (Fsp3) is 0.568. The maximum atomic E-state index is 13.5. The first-order chi connectivity index (χ1) is 22.2. The Labute approximate surface area is 282 Å². The van der Waals surface area contributed by atoms with Crippen LogP contribution in [0.15, 0.2) is 36.4 Å². The van der Waals surface area contributed by atoms with E-state index >= 15 is 0 Å². The van der Waals surface area contributed by atoms with Crippen molar-refractivity contribution in [3.63, 3.8) is 0 Å². The molecule has 0 bridgehead atoms. The number of aromatic nitrogens is 1. The number of sulfonamides is 1. The Kier molecular flexibility index (Phi) is 15.6. The van der Waals surface area contributed by atoms with Gasteiger partial charge >= 0.3 is 0 Å². The van der Waals surface area contributed by atoms with E-state index < -0.39 is 21.2 Å². The van der Waals surface area contributed by atoms with Crippen LogP contribution < -0.4 is 10.0 Å². The smallest absolute Gasteiger partial charge is 0.257 e. The Bertz CT molecular complexity index is 1530. The van der Waals surface area contributed by atoms with Gasteiger partial charge < -0.3 is 10.4 Å². The third-order valence-corrected chi connectivity index (χ3v) is 11.0. The summed E-state index contributed by atoms with van der Waals surface area (Å²) in [6, 6.07) is 9.88. The lowest BCUT2D eigenvalue weighted by Crippen LogP contribution is -2.28. The zero-order valence-electron chi connectivity index (χ0n) is 28.3. The standard InChI is InChI=1S/C37H54ClN3O4S/c1-5-9-10-11-12-13-14-15-16-17-18-22-28(8-4)46(44,45)41-33-24-20-19-23-29(33)37(43)40-34-26-31(38)35-30(36(34)42)25-27(7-3)32(39-35)21-6-2/h19-20,23-26,28,41-42H,5-18,21-22H2,1-4H3,(H,40,43). The number of fused-ring (bicyclic) bond motifs is 1. The van der Waals surface area contributed by atoms with Crippen molar-refractivity contribution in [3.05, 3.63) is 58.2 Å². The van der Waals surface area contributed by atoms with Crippen LogP contribution in [0.25, 0.3) is 10.9 Å². The molecule has 0 fully saturated rings. The van der Waals surface area contributed by atoms with Crippen LogP contribution in [0.5, 0.6) is 5.75 Å². The van der Waals surface area contributed by atoms with Crippen molar-refractivity contribution in [1.82, 2.24) is 4.98 Å². The number of rotatable bonds is 21. The molecule has 0 saturated carbocycles. The summed E-state index contributed by atoms with van der Waals surface area (Å²) in [6.07, 6.45) is 16.9. The van der Waals surface area contributed by atoms with Gasteiger partial charge in [0.25, 0.3) is 5.91 Å². The minimum absolute atomic E-state index is 0.130. The predicted octanol–water partition coefficient (Wildman–Crippen LogP) is 10.6. The summed E-state index contributed by atoms with van der Waals surface area (Å²) in [7, 11) is -3.74. The second kappa shape index (κ2) is 19.1. The van der Waals surface area contributed by atoms with Gasteiger partial charge in [0, 0.05) is 11.1 Å². The van der Waals surface area contributed by atoms with E-state index in [9.17, 15) is 18.3 Å². The molecule has 1 aromatic heterocycles. The van der Waals surface area contributed by atoms with Gasteiger partial charge in [0.1, 0.15) is 5.75 Å². The molecule has 1 unspecified atom stereocenters. The minimum Gasteiger partial charge on any atom is -0.505 e. The summed E-state index contributed by atoms with van der Waals surface area (Å²) in [5.74, 6) is -0.692. The zero-order valence-corrected chi connectivity index (χ0v) is 29.8. The molecule has 7 nitrogen and oxygen atoms in total. The van der Waals surface area contributed by atoms with E-state index in [1.54, 1.807) is 24.3 Å². The first-order valence-electron chi connectivity index (χ1n) is 17.4. The number of carbonyl (C=O) groups is 1. The predicted molar refractivity (Wildman–Crippen MR) is 194 cm³/mol. The number of benzene rings is 2. The van der Waals surface area contributed by atoms with Gasteiger partial charge in [-0.1, -0.05) is 128 Å². The Hall–Kier alpha value is -2.84. The number of nitrogens with one attached hydrogen (secondary N) is 2. The highest BCUT2D eigenvalue weighted by Gasteiger charge is 2.26. The fourth-order valence-corrected chi connectivity index (χ4v) is 7.85. The number of nitrogens with zero attached hydrogens (tertiary/aromatic N) is 1. The summed E-state index contributed by atoms with van der Waals surface area (Å²) >= 11 is 6.59. The van der Waals surface area contributed by atoms with Gasteiger partial charge in [-0.2, -0.15) is 0 Å². The maximum Gasteiger partial charge on any atom is 0.257 e. The number of aromatic hydroxyl groups is 1. The van der Waals surface area contributed by atoms with Crippen LogP contribution >= 0.6 is 11.6 Å². The average Bonchev–Trinajstić information content (AvgIpc) is 3.04. The fourth-order valence-electron chi connectivity index (χ4n) is 6.03. The van der Waals surface area contributed by atoms with Gasteiger partial charge in [0.15, 0.2) is 0 Å². The van der Waals surface area contributed by atoms with Crippen molar-refractivity contribution in [1.29, 1.82) is 0 Å². The van der Waals surface area contributed by atoms with E-state index in [-0.39, 0.29) is 22.7 Å². The lowest BCUT2D eigenvalue weighted by molar-refractivity contribution is 0.102. The van der Waals surface area contributed by atoms with Gasteiger partial charge in [0.05, 0.1) is 32.7 Å². The Balaban J connectivity index is 1.65. The summed E-state index contributed by atoms with van der Waals surface area (Å²) in [5.41, 5.74) is 2.93. The molecule has 0 aliphatic heterocycles. The number of halogens is 1. The Morgan fingerprint density at radius 1 is 0.870 bits per heavy atom. The van der Waals surface area contributed by atoms with Crippen LogP contribution in [-0.4, -0.2) is 29.7 Å². The molecular formula is C37H54ClN3O4S. The molecule has 3 aromatic rings. The molecule has 3 N–H and O–H groups in total. The molecule has 46 heavy (non-hydrogen) atoms. The summed E-state index contributed by atoms with van der Waals surface area (Å²) in [4.78, 5) is 18.2. The highest BCUT2D eigenvalue weighted by atomic mass is 35.5. The Morgan fingerprint density at radius 3 is 2.11 bits per heavy atom. The quantitative estimate of drug-likeness (QED) is 0.0771. The molecular weight excluding hydrogens is 618 g/mol. The number of phenolic OH excluding ortho intramolecular Hbond substituents is 1. The van der Waals surface area contributed by atoms with E-state index in [2.05, 4.69) is 23.9 Å². The number of pyridine rings is 1. The minimum atomic E-state index is -3.74. The van der Waals surface area contributed by atoms with Crippen LogP contribution in [0.1, 0.15) is 139 Å². The van der Waals surface area contributed by atoms with Gasteiger partial charge in [-0.3, -0.25) is 14.5 Å². The molecule has 0 radical (unpaired) electrons. The van der Waals surface area contributed by atoms with Crippen molar-refractivity contribution >= 4 is 49.8 Å². The molecule has 0 spiro atoms. The van der Waals surface area contributed by atoms with Crippen LogP contribution in [0, 0.1) is 0 Å². The molecule has 1 amide bonds. The van der Waals surface area contributed by atoms with Crippen molar-refractivity contribution in [3.8, 4) is 5.75 Å². The molecule has 254 valence electrons. The van der Waals surface area contributed by atoms with Gasteiger partial charge in [-0.25, -0.2) is 8.42 Å². The summed E-state index contributed by atoms with van der Waals surface area (Å²) in [6.45, 7) is 8.24. The molecule has 9 heteroatoms. The van der Waals surface area contributed by atoms with E-state index in [0.717, 1.165) is 49.8 Å². The van der Waals surface area contributed by atoms with Crippen molar-refractivity contribution < 1.29 is 18.3 Å². The molecule has 0 saturated heterocycles. The van der Waals surface area contributed by atoms with Crippen molar-refractivity contribution in [2.75, 3.05) is 10.0 Å². The number of anilines is 2.